The van der Waals surface area contributed by atoms with Crippen LogP contribution in [0.15, 0.2) is 52.7 Å². The molecule has 2 rings (SSSR count). The highest BCUT2D eigenvalue weighted by atomic mass is 16.4. The Labute approximate surface area is 125 Å². The summed E-state index contributed by atoms with van der Waals surface area (Å²) in [6.07, 6.45) is 0. The number of anilines is 1. The Morgan fingerprint density at radius 1 is 1.09 bits per heavy atom. The molecule has 0 aliphatic heterocycles. The predicted molar refractivity (Wildman–Crippen MR) is 80.0 cm³/mol. The summed E-state index contributed by atoms with van der Waals surface area (Å²) in [5.74, 6) is -2.14. The molecule has 2 aromatic carbocycles. The van der Waals surface area contributed by atoms with Gasteiger partial charge in [0.2, 0.25) is 5.91 Å². The molecule has 0 spiro atoms. The number of aromatic carboxylic acids is 1. The predicted octanol–water partition coefficient (Wildman–Crippen LogP) is 3.46. The van der Waals surface area contributed by atoms with Crippen LogP contribution in [-0.4, -0.2) is 22.1 Å². The Morgan fingerprint density at radius 2 is 1.77 bits per heavy atom. The molecular weight excluding hydrogens is 286 g/mol. The van der Waals surface area contributed by atoms with Crippen molar-refractivity contribution in [3.05, 3.63) is 48.0 Å². The molecule has 0 aliphatic rings. The van der Waals surface area contributed by atoms with Gasteiger partial charge in [-0.25, -0.2) is 4.79 Å². The van der Waals surface area contributed by atoms with Crippen LogP contribution in [0.5, 0.6) is 5.75 Å². The van der Waals surface area contributed by atoms with E-state index < -0.39 is 11.7 Å². The zero-order valence-electron chi connectivity index (χ0n) is 11.6. The molecule has 112 valence electrons. The van der Waals surface area contributed by atoms with E-state index in [9.17, 15) is 14.7 Å². The molecule has 0 bridgehead atoms. The second-order valence-electron chi connectivity index (χ2n) is 4.41. The molecule has 0 saturated carbocycles. The molecule has 1 amide bonds. The molecule has 22 heavy (non-hydrogen) atoms. The number of phenols is 1. The average molecular weight is 299 g/mol. The van der Waals surface area contributed by atoms with E-state index in [1.165, 1.54) is 6.92 Å². The molecule has 0 saturated heterocycles. The topological polar surface area (TPSA) is 111 Å². The van der Waals surface area contributed by atoms with Gasteiger partial charge in [-0.1, -0.05) is 18.2 Å². The molecule has 0 atom stereocenters. The van der Waals surface area contributed by atoms with Crippen LogP contribution < -0.4 is 5.32 Å². The van der Waals surface area contributed by atoms with Gasteiger partial charge in [-0.15, -0.1) is 5.11 Å². The number of carbonyl (C=O) groups excluding carboxylic acids is 1. The van der Waals surface area contributed by atoms with Crippen LogP contribution in [0, 0.1) is 0 Å². The number of carboxylic acids is 1. The van der Waals surface area contributed by atoms with Gasteiger partial charge in [-0.05, 0) is 18.2 Å². The molecule has 0 unspecified atom stereocenters. The Balaban J connectivity index is 2.46. The lowest BCUT2D eigenvalue weighted by Crippen LogP contribution is -2.07. The van der Waals surface area contributed by atoms with Crippen molar-refractivity contribution in [1.82, 2.24) is 0 Å². The number of aromatic hydroxyl groups is 1. The van der Waals surface area contributed by atoms with Gasteiger partial charge >= 0.3 is 5.97 Å². The van der Waals surface area contributed by atoms with Crippen molar-refractivity contribution in [2.24, 2.45) is 10.2 Å². The van der Waals surface area contributed by atoms with Crippen molar-refractivity contribution in [2.45, 2.75) is 6.92 Å². The van der Waals surface area contributed by atoms with Crippen molar-refractivity contribution in [1.29, 1.82) is 0 Å². The van der Waals surface area contributed by atoms with E-state index in [1.807, 2.05) is 6.07 Å². The number of carbonyl (C=O) groups is 2. The largest absolute Gasteiger partial charge is 0.507 e. The van der Waals surface area contributed by atoms with Crippen LogP contribution in [0.1, 0.15) is 17.3 Å². The second-order valence-corrected chi connectivity index (χ2v) is 4.41. The number of nitrogens with zero attached hydrogens (tertiary/aromatic N) is 2. The standard InChI is InChI=1S/C15H13N3O4/c1-9(19)16-12-8-14(20)11(15(21)22)7-13(12)18-17-10-5-3-2-4-6-10/h2-8,20H,1H3,(H,16,19)(H,21,22). The first-order chi connectivity index (χ1) is 10.5. The zero-order chi connectivity index (χ0) is 16.1. The fourth-order valence-electron chi connectivity index (χ4n) is 1.73. The van der Waals surface area contributed by atoms with E-state index in [0.717, 1.165) is 12.1 Å². The number of carboxylic acid groups (broad SMARTS) is 1. The van der Waals surface area contributed by atoms with Crippen LogP contribution in [0.25, 0.3) is 0 Å². The van der Waals surface area contributed by atoms with E-state index in [2.05, 4.69) is 15.5 Å². The summed E-state index contributed by atoms with van der Waals surface area (Å²) < 4.78 is 0. The third-order valence-corrected chi connectivity index (χ3v) is 2.68. The first kappa shape index (κ1) is 15.2. The number of azo groups is 1. The highest BCUT2D eigenvalue weighted by Gasteiger charge is 2.15. The van der Waals surface area contributed by atoms with Crippen molar-refractivity contribution in [2.75, 3.05) is 5.32 Å². The number of benzene rings is 2. The lowest BCUT2D eigenvalue weighted by atomic mass is 10.1. The fourth-order valence-corrected chi connectivity index (χ4v) is 1.73. The van der Waals surface area contributed by atoms with E-state index >= 15 is 0 Å². The molecule has 3 N–H and O–H groups in total. The maximum absolute atomic E-state index is 11.2. The summed E-state index contributed by atoms with van der Waals surface area (Å²) in [7, 11) is 0. The van der Waals surface area contributed by atoms with Gasteiger partial charge in [0.05, 0.1) is 11.4 Å². The third-order valence-electron chi connectivity index (χ3n) is 2.68. The number of rotatable bonds is 4. The lowest BCUT2D eigenvalue weighted by Gasteiger charge is -2.08. The van der Waals surface area contributed by atoms with Gasteiger partial charge in [-0.3, -0.25) is 4.79 Å². The maximum Gasteiger partial charge on any atom is 0.339 e. The van der Waals surface area contributed by atoms with E-state index in [-0.39, 0.29) is 22.8 Å². The van der Waals surface area contributed by atoms with Crippen LogP contribution >= 0.6 is 0 Å². The van der Waals surface area contributed by atoms with Gasteiger partial charge < -0.3 is 15.5 Å². The summed E-state index contributed by atoms with van der Waals surface area (Å²) in [5, 5.41) is 29.1. The minimum atomic E-state index is -1.30. The Morgan fingerprint density at radius 3 is 2.36 bits per heavy atom. The zero-order valence-corrected chi connectivity index (χ0v) is 11.6. The van der Waals surface area contributed by atoms with Crippen molar-refractivity contribution < 1.29 is 19.8 Å². The first-order valence-electron chi connectivity index (χ1n) is 6.32. The number of nitrogens with one attached hydrogen (secondary N) is 1. The second kappa shape index (κ2) is 6.49. The van der Waals surface area contributed by atoms with Crippen molar-refractivity contribution >= 4 is 28.9 Å². The van der Waals surface area contributed by atoms with Crippen molar-refractivity contribution in [3.63, 3.8) is 0 Å². The fraction of sp³-hybridized carbons (Fsp3) is 0.0667. The highest BCUT2D eigenvalue weighted by molar-refractivity contribution is 5.97. The number of hydrogen-bond donors (Lipinski definition) is 3. The number of hydrogen-bond acceptors (Lipinski definition) is 5. The van der Waals surface area contributed by atoms with Gasteiger partial charge in [0.15, 0.2) is 0 Å². The van der Waals surface area contributed by atoms with Gasteiger partial charge in [0.1, 0.15) is 17.0 Å². The summed E-state index contributed by atoms with van der Waals surface area (Å²) in [4.78, 5) is 22.3. The quantitative estimate of drug-likeness (QED) is 0.750. The molecule has 0 radical (unpaired) electrons. The van der Waals surface area contributed by atoms with E-state index in [4.69, 9.17) is 5.11 Å². The monoisotopic (exact) mass is 299 g/mol. The van der Waals surface area contributed by atoms with Gasteiger partial charge in [0.25, 0.3) is 0 Å². The van der Waals surface area contributed by atoms with Crippen LogP contribution in [0.3, 0.4) is 0 Å². The minimum absolute atomic E-state index is 0.134. The normalized spacial score (nSPS) is 10.6. The third kappa shape index (κ3) is 3.66. The SMILES string of the molecule is CC(=O)Nc1cc(O)c(C(=O)O)cc1N=Nc1ccccc1. The number of amides is 1. The Kier molecular flexibility index (Phi) is 4.47. The Bertz CT molecular complexity index is 742. The molecule has 7 heteroatoms. The molecule has 0 heterocycles. The molecule has 0 aliphatic carbocycles. The first-order valence-corrected chi connectivity index (χ1v) is 6.32. The van der Waals surface area contributed by atoms with Crippen LogP contribution in [0.2, 0.25) is 0 Å². The molecule has 0 aromatic heterocycles. The molecular formula is C15H13N3O4. The molecule has 2 aromatic rings. The molecule has 7 nitrogen and oxygen atoms in total. The molecule has 0 fully saturated rings. The summed E-state index contributed by atoms with van der Waals surface area (Å²) >= 11 is 0. The highest BCUT2D eigenvalue weighted by Crippen LogP contribution is 2.33. The van der Waals surface area contributed by atoms with Crippen LogP contribution in [-0.2, 0) is 4.79 Å². The van der Waals surface area contributed by atoms with E-state index in [0.29, 0.717) is 5.69 Å². The smallest absolute Gasteiger partial charge is 0.339 e. The Hall–Kier alpha value is -3.22. The van der Waals surface area contributed by atoms with Gasteiger partial charge in [0, 0.05) is 13.0 Å². The lowest BCUT2D eigenvalue weighted by molar-refractivity contribution is -0.114. The van der Waals surface area contributed by atoms with Crippen LogP contribution in [0.4, 0.5) is 17.1 Å². The summed E-state index contributed by atoms with van der Waals surface area (Å²) in [6.45, 7) is 1.29. The minimum Gasteiger partial charge on any atom is -0.507 e. The maximum atomic E-state index is 11.2. The summed E-state index contributed by atoms with van der Waals surface area (Å²) in [5.41, 5.74) is 0.557. The summed E-state index contributed by atoms with van der Waals surface area (Å²) in [6, 6.07) is 11.1. The van der Waals surface area contributed by atoms with Crippen molar-refractivity contribution in [3.8, 4) is 5.75 Å². The average Bonchev–Trinajstić information content (AvgIpc) is 2.46. The van der Waals surface area contributed by atoms with Gasteiger partial charge in [-0.2, -0.15) is 5.11 Å². The van der Waals surface area contributed by atoms with E-state index in [1.54, 1.807) is 24.3 Å².